The number of rotatable bonds is 6. The van der Waals surface area contributed by atoms with E-state index in [9.17, 15) is 9.18 Å². The van der Waals surface area contributed by atoms with Crippen molar-refractivity contribution < 1.29 is 18.3 Å². The largest absolute Gasteiger partial charge is 0.494 e. The van der Waals surface area contributed by atoms with E-state index in [1.807, 2.05) is 60.4 Å². The quantitative estimate of drug-likeness (QED) is 0.371. The van der Waals surface area contributed by atoms with Gasteiger partial charge in [0.05, 0.1) is 24.1 Å². The molecule has 1 saturated heterocycles. The Bertz CT molecular complexity index is 1310. The van der Waals surface area contributed by atoms with E-state index in [2.05, 4.69) is 4.98 Å². The monoisotopic (exact) mass is 471 g/mol. The molecule has 35 heavy (non-hydrogen) atoms. The molecule has 0 aliphatic carbocycles. The van der Waals surface area contributed by atoms with Crippen LogP contribution in [0.25, 0.3) is 22.8 Å². The van der Waals surface area contributed by atoms with Gasteiger partial charge in [0.1, 0.15) is 11.6 Å². The average molecular weight is 472 g/mol. The first-order valence-corrected chi connectivity index (χ1v) is 11.7. The van der Waals surface area contributed by atoms with Crippen molar-refractivity contribution in [1.29, 1.82) is 0 Å². The molecular weight excluding hydrogens is 445 g/mol. The van der Waals surface area contributed by atoms with Crippen LogP contribution in [0.1, 0.15) is 17.3 Å². The SMILES string of the molecule is CCOc1ccc(-c2cnc(-c3ccccc3C(=O)N3CCN(c4ccccc4F)CC3)o2)cc1. The third-order valence-electron chi connectivity index (χ3n) is 6.10. The van der Waals surface area contributed by atoms with Gasteiger partial charge in [-0.25, -0.2) is 9.37 Å². The fraction of sp³-hybridized carbons (Fsp3) is 0.214. The van der Waals surface area contributed by atoms with Gasteiger partial charge in [-0.3, -0.25) is 4.79 Å². The molecule has 0 bridgehead atoms. The van der Waals surface area contributed by atoms with Gasteiger partial charge in [-0.1, -0.05) is 24.3 Å². The minimum atomic E-state index is -0.246. The molecule has 1 aromatic heterocycles. The van der Waals surface area contributed by atoms with Crippen LogP contribution in [0.15, 0.2) is 83.4 Å². The predicted octanol–water partition coefficient (Wildman–Crippen LogP) is 5.51. The van der Waals surface area contributed by atoms with Gasteiger partial charge in [0, 0.05) is 37.3 Å². The van der Waals surface area contributed by atoms with Crippen LogP contribution in [-0.4, -0.2) is 48.6 Å². The van der Waals surface area contributed by atoms with E-state index in [1.165, 1.54) is 6.07 Å². The number of aromatic nitrogens is 1. The lowest BCUT2D eigenvalue weighted by Gasteiger charge is -2.36. The summed E-state index contributed by atoms with van der Waals surface area (Å²) in [5.41, 5.74) is 2.63. The van der Waals surface area contributed by atoms with Gasteiger partial charge < -0.3 is 19.0 Å². The Morgan fingerprint density at radius 2 is 1.69 bits per heavy atom. The molecule has 1 aliphatic heterocycles. The Morgan fingerprint density at radius 3 is 2.43 bits per heavy atom. The lowest BCUT2D eigenvalue weighted by molar-refractivity contribution is 0.0747. The normalized spacial score (nSPS) is 13.7. The number of carbonyl (C=O) groups excluding carboxylic acids is 1. The molecule has 0 N–H and O–H groups in total. The molecule has 7 heteroatoms. The number of hydrogen-bond donors (Lipinski definition) is 0. The molecule has 4 aromatic rings. The molecule has 2 heterocycles. The van der Waals surface area contributed by atoms with Gasteiger partial charge in [-0.05, 0) is 55.5 Å². The third-order valence-corrected chi connectivity index (χ3v) is 6.10. The summed E-state index contributed by atoms with van der Waals surface area (Å²) in [7, 11) is 0. The number of amides is 1. The second kappa shape index (κ2) is 10.0. The van der Waals surface area contributed by atoms with E-state index in [4.69, 9.17) is 9.15 Å². The average Bonchev–Trinajstić information content (AvgIpc) is 3.40. The maximum atomic E-state index is 14.2. The van der Waals surface area contributed by atoms with E-state index in [0.29, 0.717) is 61.3 Å². The standard InChI is InChI=1S/C28H26FN3O3/c1-2-34-21-13-11-20(12-14-21)26-19-30-27(35-26)22-7-3-4-8-23(22)28(33)32-17-15-31(16-18-32)25-10-6-5-9-24(25)29/h3-14,19H,2,15-18H2,1H3. The van der Waals surface area contributed by atoms with Gasteiger partial charge in [0.2, 0.25) is 5.89 Å². The van der Waals surface area contributed by atoms with E-state index < -0.39 is 0 Å². The molecule has 0 atom stereocenters. The van der Waals surface area contributed by atoms with Crippen molar-refractivity contribution in [2.45, 2.75) is 6.92 Å². The van der Waals surface area contributed by atoms with E-state index in [1.54, 1.807) is 29.3 Å². The minimum absolute atomic E-state index is 0.0883. The number of benzene rings is 3. The highest BCUT2D eigenvalue weighted by atomic mass is 19.1. The van der Waals surface area contributed by atoms with Crippen LogP contribution < -0.4 is 9.64 Å². The summed E-state index contributed by atoms with van der Waals surface area (Å²) in [5.74, 6) is 1.47. The number of para-hydroxylation sites is 1. The molecule has 3 aromatic carbocycles. The molecule has 6 nitrogen and oxygen atoms in total. The summed E-state index contributed by atoms with van der Waals surface area (Å²) in [4.78, 5) is 21.7. The van der Waals surface area contributed by atoms with Crippen LogP contribution in [0.5, 0.6) is 5.75 Å². The molecule has 178 valence electrons. The maximum absolute atomic E-state index is 14.2. The number of nitrogens with zero attached hydrogens (tertiary/aromatic N) is 3. The first kappa shape index (κ1) is 22.7. The van der Waals surface area contributed by atoms with Crippen LogP contribution in [-0.2, 0) is 0 Å². The first-order valence-electron chi connectivity index (χ1n) is 11.7. The Labute approximate surface area is 203 Å². The number of anilines is 1. The van der Waals surface area contributed by atoms with Crippen LogP contribution in [0.3, 0.4) is 0 Å². The first-order chi connectivity index (χ1) is 17.1. The number of carbonyl (C=O) groups is 1. The summed E-state index contributed by atoms with van der Waals surface area (Å²) in [6, 6.07) is 21.7. The zero-order valence-corrected chi connectivity index (χ0v) is 19.5. The van der Waals surface area contributed by atoms with Gasteiger partial charge in [0.15, 0.2) is 5.76 Å². The molecule has 5 rings (SSSR count). The molecule has 0 unspecified atom stereocenters. The van der Waals surface area contributed by atoms with E-state index in [0.717, 1.165) is 11.3 Å². The Balaban J connectivity index is 1.33. The topological polar surface area (TPSA) is 58.8 Å². The highest BCUT2D eigenvalue weighted by molar-refractivity contribution is 6.00. The van der Waals surface area contributed by atoms with Crippen LogP contribution in [0.2, 0.25) is 0 Å². The van der Waals surface area contributed by atoms with Gasteiger partial charge in [-0.2, -0.15) is 0 Å². The molecule has 1 amide bonds. The summed E-state index contributed by atoms with van der Waals surface area (Å²) >= 11 is 0. The molecular formula is C28H26FN3O3. The highest BCUT2D eigenvalue weighted by Crippen LogP contribution is 2.30. The van der Waals surface area contributed by atoms with Crippen molar-refractivity contribution in [3.8, 4) is 28.5 Å². The Morgan fingerprint density at radius 1 is 0.971 bits per heavy atom. The smallest absolute Gasteiger partial charge is 0.254 e. The highest BCUT2D eigenvalue weighted by Gasteiger charge is 2.26. The van der Waals surface area contributed by atoms with Crippen molar-refractivity contribution in [2.24, 2.45) is 0 Å². The number of piperazine rings is 1. The summed E-state index contributed by atoms with van der Waals surface area (Å²) in [6.45, 7) is 4.69. The Hall–Kier alpha value is -4.13. The van der Waals surface area contributed by atoms with Crippen LogP contribution >= 0.6 is 0 Å². The van der Waals surface area contributed by atoms with Gasteiger partial charge in [0.25, 0.3) is 5.91 Å². The van der Waals surface area contributed by atoms with Crippen molar-refractivity contribution in [3.63, 3.8) is 0 Å². The molecule has 0 saturated carbocycles. The summed E-state index contributed by atoms with van der Waals surface area (Å²) in [6.07, 6.45) is 1.67. The van der Waals surface area contributed by atoms with Crippen molar-refractivity contribution in [3.05, 3.63) is 90.4 Å². The second-order valence-corrected chi connectivity index (χ2v) is 8.26. The number of halogens is 1. The van der Waals surface area contributed by atoms with Crippen molar-refractivity contribution >= 4 is 11.6 Å². The van der Waals surface area contributed by atoms with Crippen LogP contribution in [0.4, 0.5) is 10.1 Å². The van der Waals surface area contributed by atoms with Gasteiger partial charge in [-0.15, -0.1) is 0 Å². The predicted molar refractivity (Wildman–Crippen MR) is 133 cm³/mol. The third kappa shape index (κ3) is 4.75. The zero-order valence-electron chi connectivity index (χ0n) is 19.5. The fourth-order valence-corrected chi connectivity index (χ4v) is 4.30. The lowest BCUT2D eigenvalue weighted by Crippen LogP contribution is -2.49. The summed E-state index contributed by atoms with van der Waals surface area (Å²) in [5, 5.41) is 0. The van der Waals surface area contributed by atoms with E-state index >= 15 is 0 Å². The molecule has 1 fully saturated rings. The molecule has 1 aliphatic rings. The minimum Gasteiger partial charge on any atom is -0.494 e. The number of oxazole rings is 1. The van der Waals surface area contributed by atoms with Gasteiger partial charge >= 0.3 is 0 Å². The molecule has 0 radical (unpaired) electrons. The van der Waals surface area contributed by atoms with Crippen molar-refractivity contribution in [2.75, 3.05) is 37.7 Å². The fourth-order valence-electron chi connectivity index (χ4n) is 4.30. The summed E-state index contributed by atoms with van der Waals surface area (Å²) < 4.78 is 25.7. The Kier molecular flexibility index (Phi) is 6.48. The molecule has 0 spiro atoms. The lowest BCUT2D eigenvalue weighted by atomic mass is 10.1. The second-order valence-electron chi connectivity index (χ2n) is 8.26. The number of hydrogen-bond acceptors (Lipinski definition) is 5. The van der Waals surface area contributed by atoms with Crippen molar-refractivity contribution in [1.82, 2.24) is 9.88 Å². The maximum Gasteiger partial charge on any atom is 0.254 e. The van der Waals surface area contributed by atoms with Crippen LogP contribution in [0, 0.1) is 5.82 Å². The zero-order chi connectivity index (χ0) is 24.2. The number of ether oxygens (including phenoxy) is 1. The van der Waals surface area contributed by atoms with E-state index in [-0.39, 0.29) is 11.7 Å².